The zero-order chi connectivity index (χ0) is 16.0. The summed E-state index contributed by atoms with van der Waals surface area (Å²) in [7, 11) is 2.05. The van der Waals surface area contributed by atoms with Gasteiger partial charge in [-0.05, 0) is 32.0 Å². The Bertz CT molecular complexity index is 732. The molecule has 5 nitrogen and oxygen atoms in total. The quantitative estimate of drug-likeness (QED) is 0.641. The molecule has 0 amide bonds. The van der Waals surface area contributed by atoms with Crippen LogP contribution >= 0.6 is 0 Å². The molecule has 1 aromatic rings. The lowest BCUT2D eigenvalue weighted by molar-refractivity contribution is -0.151. The van der Waals surface area contributed by atoms with E-state index < -0.39 is 23.2 Å². The first-order valence-electron chi connectivity index (χ1n) is 8.26. The van der Waals surface area contributed by atoms with Crippen molar-refractivity contribution in [3.63, 3.8) is 0 Å². The van der Waals surface area contributed by atoms with E-state index in [1.54, 1.807) is 12.2 Å². The normalized spacial score (nSPS) is 43.2. The third kappa shape index (κ3) is 1.35. The minimum atomic E-state index is -1.05. The van der Waals surface area contributed by atoms with Gasteiger partial charge in [0.1, 0.15) is 23.6 Å². The maximum absolute atomic E-state index is 11.7. The summed E-state index contributed by atoms with van der Waals surface area (Å²) in [5.41, 5.74) is 1.26. The van der Waals surface area contributed by atoms with Gasteiger partial charge in [-0.1, -0.05) is 24.3 Å². The van der Waals surface area contributed by atoms with Crippen molar-refractivity contribution < 1.29 is 20.1 Å². The number of hydrogen-bond acceptors (Lipinski definition) is 5. The van der Waals surface area contributed by atoms with Gasteiger partial charge in [0.25, 0.3) is 0 Å². The van der Waals surface area contributed by atoms with Crippen LogP contribution in [0.2, 0.25) is 0 Å². The van der Waals surface area contributed by atoms with Gasteiger partial charge in [0.15, 0.2) is 0 Å². The third-order valence-electron chi connectivity index (χ3n) is 6.56. The first-order valence-corrected chi connectivity index (χ1v) is 8.26. The number of aliphatic hydroxyl groups is 3. The second kappa shape index (κ2) is 4.16. The highest BCUT2D eigenvalue weighted by Crippen LogP contribution is 2.62. The van der Waals surface area contributed by atoms with Gasteiger partial charge in [0.05, 0.1) is 12.0 Å². The highest BCUT2D eigenvalue weighted by atomic mass is 16.5. The number of piperidine rings is 1. The van der Waals surface area contributed by atoms with Gasteiger partial charge in [0.2, 0.25) is 0 Å². The van der Waals surface area contributed by atoms with E-state index in [9.17, 15) is 15.3 Å². The van der Waals surface area contributed by atoms with Crippen molar-refractivity contribution >= 4 is 0 Å². The molecule has 0 radical (unpaired) electrons. The van der Waals surface area contributed by atoms with Gasteiger partial charge >= 0.3 is 0 Å². The molecular weight excluding hydrogens is 294 g/mol. The number of benzene rings is 1. The van der Waals surface area contributed by atoms with Crippen LogP contribution in [0.1, 0.15) is 23.1 Å². The average molecular weight is 315 g/mol. The fourth-order valence-corrected chi connectivity index (χ4v) is 5.48. The van der Waals surface area contributed by atoms with Crippen molar-refractivity contribution in [1.29, 1.82) is 0 Å². The van der Waals surface area contributed by atoms with Gasteiger partial charge in [-0.3, -0.25) is 4.90 Å². The van der Waals surface area contributed by atoms with Gasteiger partial charge in [-0.15, -0.1) is 0 Å². The predicted octanol–water partition coefficient (Wildman–Crippen LogP) is 0.0997. The van der Waals surface area contributed by atoms with Crippen molar-refractivity contribution in [1.82, 2.24) is 4.90 Å². The maximum Gasteiger partial charge on any atom is 0.141 e. The summed E-state index contributed by atoms with van der Waals surface area (Å²) in [4.78, 5) is 2.21. The summed E-state index contributed by atoms with van der Waals surface area (Å²) >= 11 is 0. The molecular formula is C18H21NO4. The van der Waals surface area contributed by atoms with Crippen LogP contribution in [-0.4, -0.2) is 57.7 Å². The Morgan fingerprint density at radius 3 is 3.00 bits per heavy atom. The van der Waals surface area contributed by atoms with E-state index in [0.29, 0.717) is 5.75 Å². The molecule has 3 N–H and O–H groups in total. The van der Waals surface area contributed by atoms with Gasteiger partial charge in [0, 0.05) is 17.2 Å². The van der Waals surface area contributed by atoms with Gasteiger partial charge in [-0.25, -0.2) is 0 Å². The standard InChI is InChI=1S/C18H21NO4/c1-19-7-6-17-14-10-2-3-11(9-20)15(14)23-16(17)12(21)4-5-18(17,22)13(19)8-10/h2-5,12-13,16,20-22H,6-9H2,1H3/t12-,13?,16?,17-,18+/m0/s1. The second-order valence-corrected chi connectivity index (χ2v) is 7.38. The molecule has 122 valence electrons. The fourth-order valence-electron chi connectivity index (χ4n) is 5.48. The summed E-state index contributed by atoms with van der Waals surface area (Å²) in [6.45, 7) is 0.756. The number of likely N-dealkylation sites (tertiary alicyclic amines) is 1. The van der Waals surface area contributed by atoms with E-state index in [4.69, 9.17) is 4.74 Å². The van der Waals surface area contributed by atoms with Crippen molar-refractivity contribution in [2.24, 2.45) is 0 Å². The van der Waals surface area contributed by atoms with E-state index >= 15 is 0 Å². The SMILES string of the molecule is CN1CC[C@]23c4c5ccc(CO)c4OC2[C@@H](O)C=C[C@@]3(O)C1C5. The molecule has 1 saturated heterocycles. The van der Waals surface area contributed by atoms with Crippen LogP contribution in [-0.2, 0) is 18.4 Å². The summed E-state index contributed by atoms with van der Waals surface area (Å²) < 4.78 is 6.17. The smallest absolute Gasteiger partial charge is 0.141 e. The van der Waals surface area contributed by atoms with Crippen LogP contribution in [0.25, 0.3) is 0 Å². The number of rotatable bonds is 1. The number of likely N-dealkylation sites (N-methyl/N-ethyl adjacent to an activating group) is 1. The van der Waals surface area contributed by atoms with Gasteiger partial charge in [-0.2, -0.15) is 0 Å². The first-order chi connectivity index (χ1) is 11.0. The Kier molecular flexibility index (Phi) is 2.53. The van der Waals surface area contributed by atoms with Crippen LogP contribution < -0.4 is 4.74 Å². The van der Waals surface area contributed by atoms with Crippen LogP contribution in [0.5, 0.6) is 5.75 Å². The van der Waals surface area contributed by atoms with E-state index in [1.807, 2.05) is 19.2 Å². The highest BCUT2D eigenvalue weighted by Gasteiger charge is 2.71. The van der Waals surface area contributed by atoms with Gasteiger partial charge < -0.3 is 20.1 Å². The number of hydrogen-bond donors (Lipinski definition) is 3. The molecule has 1 aromatic carbocycles. The molecule has 2 bridgehead atoms. The molecule has 1 spiro atoms. The predicted molar refractivity (Wildman–Crippen MR) is 83.3 cm³/mol. The van der Waals surface area contributed by atoms with Crippen molar-refractivity contribution in [3.05, 3.63) is 41.0 Å². The zero-order valence-electron chi connectivity index (χ0n) is 13.1. The summed E-state index contributed by atoms with van der Waals surface area (Å²) in [5.74, 6) is 0.680. The molecule has 0 saturated carbocycles. The van der Waals surface area contributed by atoms with Crippen molar-refractivity contribution in [3.8, 4) is 5.75 Å². The average Bonchev–Trinajstić information content (AvgIpc) is 2.90. The topological polar surface area (TPSA) is 73.2 Å². The Balaban J connectivity index is 1.87. The molecule has 0 aromatic heterocycles. The lowest BCUT2D eigenvalue weighted by Crippen LogP contribution is -2.75. The molecule has 2 aliphatic carbocycles. The second-order valence-electron chi connectivity index (χ2n) is 7.38. The van der Waals surface area contributed by atoms with Crippen molar-refractivity contribution in [2.45, 2.75) is 48.7 Å². The molecule has 2 aliphatic heterocycles. The van der Waals surface area contributed by atoms with E-state index in [1.165, 1.54) is 5.56 Å². The Hall–Kier alpha value is -1.40. The number of nitrogens with zero attached hydrogens (tertiary/aromatic N) is 1. The molecule has 5 rings (SSSR count). The Morgan fingerprint density at radius 2 is 2.22 bits per heavy atom. The molecule has 2 unspecified atom stereocenters. The molecule has 5 heteroatoms. The minimum Gasteiger partial charge on any atom is -0.486 e. The van der Waals surface area contributed by atoms with Crippen molar-refractivity contribution in [2.75, 3.05) is 13.6 Å². The number of aliphatic hydroxyl groups excluding tert-OH is 2. The fraction of sp³-hybridized carbons (Fsp3) is 0.556. The van der Waals surface area contributed by atoms with Crippen LogP contribution in [0.15, 0.2) is 24.3 Å². The Morgan fingerprint density at radius 1 is 1.39 bits per heavy atom. The maximum atomic E-state index is 11.7. The summed E-state index contributed by atoms with van der Waals surface area (Å²) in [6, 6.07) is 3.93. The molecule has 5 atom stereocenters. The molecule has 1 fully saturated rings. The summed E-state index contributed by atoms with van der Waals surface area (Å²) in [6.07, 6.45) is 3.71. The largest absolute Gasteiger partial charge is 0.486 e. The lowest BCUT2D eigenvalue weighted by Gasteiger charge is -2.61. The molecule has 23 heavy (non-hydrogen) atoms. The number of ether oxygens (including phenoxy) is 1. The minimum absolute atomic E-state index is 0.0236. The van der Waals surface area contributed by atoms with Crippen LogP contribution in [0, 0.1) is 0 Å². The van der Waals surface area contributed by atoms with E-state index in [2.05, 4.69) is 4.90 Å². The monoisotopic (exact) mass is 315 g/mol. The molecule has 4 aliphatic rings. The summed E-state index contributed by atoms with van der Waals surface area (Å²) in [5, 5.41) is 31.9. The first kappa shape index (κ1) is 14.0. The molecule has 2 heterocycles. The van der Waals surface area contributed by atoms with E-state index in [-0.39, 0.29) is 12.6 Å². The lowest BCUT2D eigenvalue weighted by atomic mass is 9.50. The zero-order valence-corrected chi connectivity index (χ0v) is 13.1. The van der Waals surface area contributed by atoms with E-state index in [0.717, 1.165) is 30.5 Å². The Labute approximate surface area is 134 Å². The third-order valence-corrected chi connectivity index (χ3v) is 6.56. The van der Waals surface area contributed by atoms with Crippen LogP contribution in [0.4, 0.5) is 0 Å². The highest BCUT2D eigenvalue weighted by molar-refractivity contribution is 5.62. The van der Waals surface area contributed by atoms with Crippen LogP contribution in [0.3, 0.4) is 0 Å².